The van der Waals surface area contributed by atoms with Gasteiger partial charge in [0.1, 0.15) is 5.51 Å². The van der Waals surface area contributed by atoms with Crippen molar-refractivity contribution in [3.63, 3.8) is 0 Å². The van der Waals surface area contributed by atoms with Gasteiger partial charge in [-0.25, -0.2) is 0 Å². The number of rotatable bonds is 7. The van der Waals surface area contributed by atoms with E-state index in [1.165, 1.54) is 12.8 Å². The molecule has 2 heterocycles. The summed E-state index contributed by atoms with van der Waals surface area (Å²) in [4.78, 5) is 0. The summed E-state index contributed by atoms with van der Waals surface area (Å²) in [6.45, 7) is 5.10. The van der Waals surface area contributed by atoms with Crippen molar-refractivity contribution >= 4 is 23.1 Å². The number of hydrogen-bond donors (Lipinski definition) is 1. The third-order valence-corrected chi connectivity index (χ3v) is 4.90. The third kappa shape index (κ3) is 4.21. The van der Waals surface area contributed by atoms with E-state index in [0.717, 1.165) is 29.9 Å². The first-order valence-electron chi connectivity index (χ1n) is 6.10. The molecule has 17 heavy (non-hydrogen) atoms. The number of ether oxygens (including phenoxy) is 1. The zero-order chi connectivity index (χ0) is 11.9. The van der Waals surface area contributed by atoms with Gasteiger partial charge in [0.25, 0.3) is 0 Å². The summed E-state index contributed by atoms with van der Waals surface area (Å²) >= 11 is 3.41. The summed E-state index contributed by atoms with van der Waals surface area (Å²) in [7, 11) is 0. The van der Waals surface area contributed by atoms with Gasteiger partial charge in [-0.05, 0) is 19.4 Å². The highest BCUT2D eigenvalue weighted by atomic mass is 32.2. The third-order valence-electron chi connectivity index (χ3n) is 2.92. The summed E-state index contributed by atoms with van der Waals surface area (Å²) in [6.07, 6.45) is 2.35. The molecule has 0 saturated carbocycles. The Balaban J connectivity index is 1.81. The molecule has 0 aromatic carbocycles. The highest BCUT2D eigenvalue weighted by molar-refractivity contribution is 8.01. The zero-order valence-electron chi connectivity index (χ0n) is 10.1. The van der Waals surface area contributed by atoms with Crippen molar-refractivity contribution in [3.8, 4) is 0 Å². The molecule has 0 radical (unpaired) electrons. The summed E-state index contributed by atoms with van der Waals surface area (Å²) in [5.41, 5.74) is 1.79. The second-order valence-electron chi connectivity index (χ2n) is 4.20. The number of aromatic nitrogens is 2. The molecule has 1 aromatic rings. The molecule has 2 rings (SSSR count). The first-order valence-corrected chi connectivity index (χ1v) is 7.96. The van der Waals surface area contributed by atoms with E-state index in [1.54, 1.807) is 28.6 Å². The largest absolute Gasteiger partial charge is 0.381 e. The predicted octanol–water partition coefficient (Wildman–Crippen LogP) is 2.03. The Morgan fingerprint density at radius 3 is 3.29 bits per heavy atom. The summed E-state index contributed by atoms with van der Waals surface area (Å²) in [5, 5.41) is 11.6. The van der Waals surface area contributed by atoms with Gasteiger partial charge in [0, 0.05) is 24.3 Å². The van der Waals surface area contributed by atoms with Crippen molar-refractivity contribution in [2.45, 2.75) is 30.1 Å². The number of hydrogen-bond acceptors (Lipinski definition) is 6. The maximum Gasteiger partial charge on any atom is 0.174 e. The van der Waals surface area contributed by atoms with E-state index in [4.69, 9.17) is 4.74 Å². The number of nitrogens with one attached hydrogen (secondary N) is 1. The molecule has 1 saturated heterocycles. The highest BCUT2D eigenvalue weighted by Gasteiger charge is 2.25. The fourth-order valence-corrected chi connectivity index (χ4v) is 3.65. The molecular formula is C11H19N3OS2. The van der Waals surface area contributed by atoms with Crippen LogP contribution in [-0.4, -0.2) is 41.8 Å². The summed E-state index contributed by atoms with van der Waals surface area (Å²) in [5.74, 6) is 1.71. The van der Waals surface area contributed by atoms with Crippen molar-refractivity contribution in [1.82, 2.24) is 15.5 Å². The van der Waals surface area contributed by atoms with E-state index in [9.17, 15) is 0 Å². The average Bonchev–Trinajstić information content (AvgIpc) is 3.01. The highest BCUT2D eigenvalue weighted by Crippen LogP contribution is 2.25. The van der Waals surface area contributed by atoms with Gasteiger partial charge >= 0.3 is 0 Å². The molecule has 0 amide bonds. The summed E-state index contributed by atoms with van der Waals surface area (Å²) in [6, 6.07) is 0.534. The zero-order valence-corrected chi connectivity index (χ0v) is 11.7. The number of nitrogens with zero attached hydrogens (tertiary/aromatic N) is 2. The van der Waals surface area contributed by atoms with E-state index in [2.05, 4.69) is 22.4 Å². The molecule has 1 aromatic heterocycles. The first-order chi connectivity index (χ1) is 8.40. The lowest BCUT2D eigenvalue weighted by atomic mass is 10.0. The summed E-state index contributed by atoms with van der Waals surface area (Å²) < 4.78 is 6.54. The maximum atomic E-state index is 5.48. The molecule has 1 aliphatic rings. The minimum atomic E-state index is 0.534. The fraction of sp³-hybridized carbons (Fsp3) is 0.818. The van der Waals surface area contributed by atoms with Crippen LogP contribution in [0, 0.1) is 5.92 Å². The molecule has 4 nitrogen and oxygen atoms in total. The normalized spacial score (nSPS) is 21.8. The van der Waals surface area contributed by atoms with Gasteiger partial charge in [-0.3, -0.25) is 0 Å². The predicted molar refractivity (Wildman–Crippen MR) is 71.6 cm³/mol. The standard InChI is InChI=1S/C11H19N3OS2/c1-2-4-12-10(9-3-5-15-6-9)7-16-11-14-13-8-17-11/h8-10,12H,2-7H2,1H3. The molecule has 96 valence electrons. The second kappa shape index (κ2) is 7.31. The Labute approximate surface area is 111 Å². The van der Waals surface area contributed by atoms with Crippen LogP contribution in [0.15, 0.2) is 9.85 Å². The smallest absolute Gasteiger partial charge is 0.174 e. The molecular weight excluding hydrogens is 254 g/mol. The van der Waals surface area contributed by atoms with Gasteiger partial charge in [-0.2, -0.15) is 0 Å². The molecule has 0 aliphatic carbocycles. The van der Waals surface area contributed by atoms with Crippen molar-refractivity contribution in [2.24, 2.45) is 5.92 Å². The van der Waals surface area contributed by atoms with Gasteiger partial charge < -0.3 is 10.1 Å². The Morgan fingerprint density at radius 2 is 2.65 bits per heavy atom. The Morgan fingerprint density at radius 1 is 1.71 bits per heavy atom. The maximum absolute atomic E-state index is 5.48. The Hall–Kier alpha value is -0.170. The van der Waals surface area contributed by atoms with Crippen LogP contribution in [-0.2, 0) is 4.74 Å². The van der Waals surface area contributed by atoms with E-state index < -0.39 is 0 Å². The van der Waals surface area contributed by atoms with Gasteiger partial charge in [-0.1, -0.05) is 30.0 Å². The molecule has 1 fully saturated rings. The molecule has 0 spiro atoms. The lowest BCUT2D eigenvalue weighted by Crippen LogP contribution is -2.39. The molecule has 1 aliphatic heterocycles. The van der Waals surface area contributed by atoms with Crippen molar-refractivity contribution in [1.29, 1.82) is 0 Å². The molecule has 6 heteroatoms. The monoisotopic (exact) mass is 273 g/mol. The molecule has 2 atom stereocenters. The van der Waals surface area contributed by atoms with Gasteiger partial charge in [0.05, 0.1) is 6.61 Å². The van der Waals surface area contributed by atoms with Crippen molar-refractivity contribution in [2.75, 3.05) is 25.5 Å². The topological polar surface area (TPSA) is 47.0 Å². The minimum absolute atomic E-state index is 0.534. The van der Waals surface area contributed by atoms with Crippen molar-refractivity contribution in [3.05, 3.63) is 5.51 Å². The SMILES string of the molecule is CCCNC(CSc1nncs1)C1CCOC1. The van der Waals surface area contributed by atoms with E-state index >= 15 is 0 Å². The van der Waals surface area contributed by atoms with Crippen LogP contribution in [0.4, 0.5) is 0 Å². The van der Waals surface area contributed by atoms with E-state index in [0.29, 0.717) is 12.0 Å². The van der Waals surface area contributed by atoms with Crippen LogP contribution in [0.2, 0.25) is 0 Å². The molecule has 1 N–H and O–H groups in total. The van der Waals surface area contributed by atoms with Crippen LogP contribution < -0.4 is 5.32 Å². The molecule has 2 unspecified atom stereocenters. The minimum Gasteiger partial charge on any atom is -0.381 e. The quantitative estimate of drug-likeness (QED) is 0.770. The Kier molecular flexibility index (Phi) is 5.70. The van der Waals surface area contributed by atoms with Crippen LogP contribution in [0.3, 0.4) is 0 Å². The lowest BCUT2D eigenvalue weighted by Gasteiger charge is -2.22. The fourth-order valence-electron chi connectivity index (χ4n) is 1.95. The Bertz CT molecular complexity index is 302. The van der Waals surface area contributed by atoms with Crippen LogP contribution in [0.25, 0.3) is 0 Å². The number of thioether (sulfide) groups is 1. The first kappa shape index (κ1) is 13.3. The molecule has 0 bridgehead atoms. The van der Waals surface area contributed by atoms with Crippen LogP contribution in [0.1, 0.15) is 19.8 Å². The van der Waals surface area contributed by atoms with Crippen LogP contribution in [0.5, 0.6) is 0 Å². The second-order valence-corrected chi connectivity index (χ2v) is 6.30. The van der Waals surface area contributed by atoms with Gasteiger partial charge in [-0.15, -0.1) is 10.2 Å². The van der Waals surface area contributed by atoms with Crippen LogP contribution >= 0.6 is 23.1 Å². The van der Waals surface area contributed by atoms with Gasteiger partial charge in [0.2, 0.25) is 0 Å². The van der Waals surface area contributed by atoms with E-state index in [-0.39, 0.29) is 0 Å². The lowest BCUT2D eigenvalue weighted by molar-refractivity contribution is 0.179. The van der Waals surface area contributed by atoms with Gasteiger partial charge in [0.15, 0.2) is 4.34 Å². The van der Waals surface area contributed by atoms with E-state index in [1.807, 2.05) is 0 Å². The van der Waals surface area contributed by atoms with Crippen molar-refractivity contribution < 1.29 is 4.74 Å². The average molecular weight is 273 g/mol.